The summed E-state index contributed by atoms with van der Waals surface area (Å²) in [4.78, 5) is 21.4. The standard InChI is InChI=1S/C19H30N4O3S/c1-15(2)12-23(17-5-9-27(25,26)14-17)19(24)13-22-8-7-21-11-18(22)16-4-3-6-20-10-16/h3-4,6,10,15,17-18,21H,5,7-9,11-14H2,1-2H3. The molecule has 1 amide bonds. The molecule has 0 aliphatic carbocycles. The Morgan fingerprint density at radius 3 is 2.89 bits per heavy atom. The second-order valence-electron chi connectivity index (χ2n) is 7.97. The lowest BCUT2D eigenvalue weighted by Gasteiger charge is -2.38. The van der Waals surface area contributed by atoms with E-state index in [1.807, 2.05) is 23.2 Å². The Kier molecular flexibility index (Phi) is 6.49. The van der Waals surface area contributed by atoms with Crippen LogP contribution in [-0.4, -0.2) is 79.4 Å². The molecule has 2 aliphatic heterocycles. The third kappa shape index (κ3) is 5.27. The van der Waals surface area contributed by atoms with Crippen molar-refractivity contribution < 1.29 is 13.2 Å². The maximum atomic E-state index is 13.2. The van der Waals surface area contributed by atoms with Crippen LogP contribution in [0.1, 0.15) is 31.9 Å². The number of aromatic nitrogens is 1. The maximum absolute atomic E-state index is 13.2. The molecule has 0 saturated carbocycles. The van der Waals surface area contributed by atoms with Gasteiger partial charge in [0.15, 0.2) is 9.84 Å². The summed E-state index contributed by atoms with van der Waals surface area (Å²) in [5.74, 6) is 0.612. The molecule has 1 aromatic heterocycles. The topological polar surface area (TPSA) is 82.6 Å². The van der Waals surface area contributed by atoms with Crippen LogP contribution < -0.4 is 5.32 Å². The number of pyridine rings is 1. The molecule has 2 atom stereocenters. The van der Waals surface area contributed by atoms with Gasteiger partial charge in [0.1, 0.15) is 0 Å². The van der Waals surface area contributed by atoms with Gasteiger partial charge in [-0.15, -0.1) is 0 Å². The van der Waals surface area contributed by atoms with Crippen molar-refractivity contribution in [3.05, 3.63) is 30.1 Å². The van der Waals surface area contributed by atoms with Crippen LogP contribution in [0.2, 0.25) is 0 Å². The van der Waals surface area contributed by atoms with E-state index in [0.717, 1.165) is 25.2 Å². The molecule has 27 heavy (non-hydrogen) atoms. The number of carbonyl (C=O) groups is 1. The molecule has 8 heteroatoms. The van der Waals surface area contributed by atoms with Crippen LogP contribution in [-0.2, 0) is 14.6 Å². The van der Waals surface area contributed by atoms with Gasteiger partial charge in [-0.05, 0) is 24.0 Å². The Morgan fingerprint density at radius 1 is 1.44 bits per heavy atom. The average molecular weight is 395 g/mol. The first-order chi connectivity index (χ1) is 12.9. The summed E-state index contributed by atoms with van der Waals surface area (Å²) in [6.07, 6.45) is 4.15. The number of sulfone groups is 1. The van der Waals surface area contributed by atoms with Crippen molar-refractivity contribution in [1.82, 2.24) is 20.1 Å². The van der Waals surface area contributed by atoms with Gasteiger partial charge in [0, 0.05) is 50.7 Å². The minimum absolute atomic E-state index is 0.0293. The van der Waals surface area contributed by atoms with E-state index in [4.69, 9.17) is 0 Å². The lowest BCUT2D eigenvalue weighted by Crippen LogP contribution is -2.52. The molecule has 1 aromatic rings. The molecule has 150 valence electrons. The predicted octanol–water partition coefficient (Wildman–Crippen LogP) is 0.700. The number of hydrogen-bond acceptors (Lipinski definition) is 6. The molecule has 7 nitrogen and oxygen atoms in total. The number of amides is 1. The third-order valence-corrected chi connectivity index (χ3v) is 7.04. The van der Waals surface area contributed by atoms with E-state index >= 15 is 0 Å². The predicted molar refractivity (Wildman–Crippen MR) is 105 cm³/mol. The van der Waals surface area contributed by atoms with Crippen LogP contribution in [0, 0.1) is 5.92 Å². The van der Waals surface area contributed by atoms with Crippen LogP contribution in [0.15, 0.2) is 24.5 Å². The summed E-state index contributed by atoms with van der Waals surface area (Å²) < 4.78 is 23.8. The fraction of sp³-hybridized carbons (Fsp3) is 0.684. The van der Waals surface area contributed by atoms with E-state index in [0.29, 0.717) is 25.4 Å². The van der Waals surface area contributed by atoms with Gasteiger partial charge in [0.2, 0.25) is 5.91 Å². The highest BCUT2D eigenvalue weighted by atomic mass is 32.2. The first kappa shape index (κ1) is 20.2. The van der Waals surface area contributed by atoms with Gasteiger partial charge in [-0.2, -0.15) is 0 Å². The molecular formula is C19H30N4O3S. The lowest BCUT2D eigenvalue weighted by atomic mass is 10.0. The average Bonchev–Trinajstić information content (AvgIpc) is 3.00. The van der Waals surface area contributed by atoms with Crippen molar-refractivity contribution in [3.8, 4) is 0 Å². The zero-order valence-corrected chi connectivity index (χ0v) is 17.0. The largest absolute Gasteiger partial charge is 0.337 e. The van der Waals surface area contributed by atoms with Gasteiger partial charge in [-0.25, -0.2) is 8.42 Å². The SMILES string of the molecule is CC(C)CN(C(=O)CN1CCNCC1c1cccnc1)C1CCS(=O)(=O)C1. The molecule has 0 radical (unpaired) electrons. The molecule has 0 bridgehead atoms. The fourth-order valence-corrected chi connectivity index (χ4v) is 5.70. The second kappa shape index (κ2) is 8.67. The first-order valence-corrected chi connectivity index (χ1v) is 11.5. The van der Waals surface area contributed by atoms with Crippen LogP contribution in [0.25, 0.3) is 0 Å². The number of carbonyl (C=O) groups excluding carboxylic acids is 1. The Morgan fingerprint density at radius 2 is 2.26 bits per heavy atom. The van der Waals surface area contributed by atoms with Crippen molar-refractivity contribution in [2.45, 2.75) is 32.4 Å². The number of rotatable bonds is 6. The van der Waals surface area contributed by atoms with E-state index in [9.17, 15) is 13.2 Å². The molecule has 3 rings (SSSR count). The minimum atomic E-state index is -3.02. The summed E-state index contributed by atoms with van der Waals surface area (Å²) in [5, 5.41) is 3.39. The van der Waals surface area contributed by atoms with Gasteiger partial charge >= 0.3 is 0 Å². The van der Waals surface area contributed by atoms with E-state index < -0.39 is 9.84 Å². The lowest BCUT2D eigenvalue weighted by molar-refractivity contribution is -0.135. The number of nitrogens with one attached hydrogen (secondary N) is 1. The van der Waals surface area contributed by atoms with Gasteiger partial charge in [-0.3, -0.25) is 14.7 Å². The van der Waals surface area contributed by atoms with Crippen molar-refractivity contribution in [2.24, 2.45) is 5.92 Å². The van der Waals surface area contributed by atoms with E-state index in [-0.39, 0.29) is 29.5 Å². The highest BCUT2D eigenvalue weighted by Gasteiger charge is 2.36. The van der Waals surface area contributed by atoms with Gasteiger partial charge in [0.05, 0.1) is 18.1 Å². The van der Waals surface area contributed by atoms with Gasteiger partial charge in [-0.1, -0.05) is 19.9 Å². The van der Waals surface area contributed by atoms with E-state index in [1.54, 1.807) is 6.20 Å². The molecule has 2 saturated heterocycles. The Labute approximate surface area is 162 Å². The number of piperazine rings is 1. The fourth-order valence-electron chi connectivity index (χ4n) is 3.97. The summed E-state index contributed by atoms with van der Waals surface area (Å²) in [7, 11) is -3.02. The monoisotopic (exact) mass is 394 g/mol. The number of hydrogen-bond donors (Lipinski definition) is 1. The molecule has 2 fully saturated rings. The van der Waals surface area contributed by atoms with Crippen molar-refractivity contribution in [3.63, 3.8) is 0 Å². The van der Waals surface area contributed by atoms with Crippen LogP contribution in [0.4, 0.5) is 0 Å². The van der Waals surface area contributed by atoms with Crippen molar-refractivity contribution in [1.29, 1.82) is 0 Å². The second-order valence-corrected chi connectivity index (χ2v) is 10.2. The van der Waals surface area contributed by atoms with Crippen LogP contribution >= 0.6 is 0 Å². The summed E-state index contributed by atoms with van der Waals surface area (Å²) >= 11 is 0. The van der Waals surface area contributed by atoms with Crippen molar-refractivity contribution in [2.75, 3.05) is 44.2 Å². The smallest absolute Gasteiger partial charge is 0.237 e. The minimum Gasteiger partial charge on any atom is -0.337 e. The third-order valence-electron chi connectivity index (χ3n) is 5.29. The molecule has 3 heterocycles. The van der Waals surface area contributed by atoms with Gasteiger partial charge < -0.3 is 10.2 Å². The summed E-state index contributed by atoms with van der Waals surface area (Å²) in [5.41, 5.74) is 1.09. The zero-order chi connectivity index (χ0) is 19.4. The Hall–Kier alpha value is -1.51. The summed E-state index contributed by atoms with van der Waals surface area (Å²) in [6.45, 7) is 7.43. The molecule has 2 aliphatic rings. The quantitative estimate of drug-likeness (QED) is 0.765. The highest BCUT2D eigenvalue weighted by molar-refractivity contribution is 7.91. The zero-order valence-electron chi connectivity index (χ0n) is 16.2. The molecule has 0 spiro atoms. The van der Waals surface area contributed by atoms with E-state index in [1.165, 1.54) is 0 Å². The number of nitrogens with zero attached hydrogens (tertiary/aromatic N) is 3. The van der Waals surface area contributed by atoms with Crippen molar-refractivity contribution >= 4 is 15.7 Å². The summed E-state index contributed by atoms with van der Waals surface area (Å²) in [6, 6.07) is 3.87. The molecule has 2 unspecified atom stereocenters. The maximum Gasteiger partial charge on any atom is 0.237 e. The molecular weight excluding hydrogens is 364 g/mol. The Balaban J connectivity index is 1.73. The Bertz CT molecular complexity index is 739. The van der Waals surface area contributed by atoms with Crippen LogP contribution in [0.3, 0.4) is 0 Å². The first-order valence-electron chi connectivity index (χ1n) is 9.70. The molecule has 0 aromatic carbocycles. The van der Waals surface area contributed by atoms with Crippen LogP contribution in [0.5, 0.6) is 0 Å². The van der Waals surface area contributed by atoms with Gasteiger partial charge in [0.25, 0.3) is 0 Å². The highest BCUT2D eigenvalue weighted by Crippen LogP contribution is 2.23. The normalized spacial score (nSPS) is 25.6. The molecule has 1 N–H and O–H groups in total. The van der Waals surface area contributed by atoms with E-state index in [2.05, 4.69) is 29.0 Å².